The van der Waals surface area contributed by atoms with Gasteiger partial charge in [0, 0.05) is 24.7 Å². The summed E-state index contributed by atoms with van der Waals surface area (Å²) in [6.45, 7) is 14.0. The van der Waals surface area contributed by atoms with Crippen molar-refractivity contribution in [2.24, 2.45) is 0 Å². The van der Waals surface area contributed by atoms with Gasteiger partial charge in [0.05, 0.1) is 16.5 Å². The molecule has 1 unspecified atom stereocenters. The maximum Gasteiger partial charge on any atom is 0.311 e. The number of amides is 1. The first kappa shape index (κ1) is 27.9. The molecule has 1 fully saturated rings. The van der Waals surface area contributed by atoms with Gasteiger partial charge in [-0.1, -0.05) is 52.8 Å². The highest BCUT2D eigenvalue weighted by Crippen LogP contribution is 2.42. The van der Waals surface area contributed by atoms with Gasteiger partial charge < -0.3 is 20.0 Å². The average molecular weight is 510 g/mol. The molecular formula is C28H35N3O6. The zero-order chi connectivity index (χ0) is 27.7. The molecule has 0 spiro atoms. The van der Waals surface area contributed by atoms with Gasteiger partial charge in [0.2, 0.25) is 0 Å². The molecule has 9 nitrogen and oxygen atoms in total. The van der Waals surface area contributed by atoms with E-state index in [0.29, 0.717) is 12.1 Å². The van der Waals surface area contributed by atoms with Crippen LogP contribution >= 0.6 is 0 Å². The van der Waals surface area contributed by atoms with E-state index in [1.807, 2.05) is 52.8 Å². The standard InChI is InChI=1S/C28H35N3O6/c1-7-29(8-2)13-14-30-24(18-10-12-22(32)21(15-18)31(36)37)23(26(34)27(30)35)25(33)20-16-19(28(4,5)6)11-9-17(20)3/h9-12,15-16,24,32-33H,7-8,13-14H2,1-6H3/b25-23+. The predicted molar refractivity (Wildman–Crippen MR) is 141 cm³/mol. The molecule has 0 saturated carbocycles. The number of hydrogen-bond donors (Lipinski definition) is 2. The summed E-state index contributed by atoms with van der Waals surface area (Å²) in [5.41, 5.74) is 1.44. The van der Waals surface area contributed by atoms with Crippen molar-refractivity contribution in [1.29, 1.82) is 0 Å². The Kier molecular flexibility index (Phi) is 8.07. The van der Waals surface area contributed by atoms with Gasteiger partial charge in [-0.15, -0.1) is 0 Å². The number of carbonyl (C=O) groups excluding carboxylic acids is 2. The minimum absolute atomic E-state index is 0.126. The van der Waals surface area contributed by atoms with Gasteiger partial charge in [0.15, 0.2) is 5.75 Å². The topological polar surface area (TPSA) is 124 Å². The van der Waals surface area contributed by atoms with Gasteiger partial charge in [0.25, 0.3) is 11.7 Å². The summed E-state index contributed by atoms with van der Waals surface area (Å²) in [6.07, 6.45) is 0. The van der Waals surface area contributed by atoms with Crippen LogP contribution in [0, 0.1) is 17.0 Å². The van der Waals surface area contributed by atoms with Crippen molar-refractivity contribution in [3.63, 3.8) is 0 Å². The number of hydrogen-bond acceptors (Lipinski definition) is 7. The quantitative estimate of drug-likeness (QED) is 0.174. The number of phenolic OH excluding ortho intramolecular Hbond substituents is 1. The fourth-order valence-electron chi connectivity index (χ4n) is 4.59. The number of likely N-dealkylation sites (tertiary alicyclic amines) is 1. The number of nitrogens with zero attached hydrogens (tertiary/aromatic N) is 3. The van der Waals surface area contributed by atoms with Crippen LogP contribution in [0.1, 0.15) is 62.9 Å². The molecular weight excluding hydrogens is 474 g/mol. The Morgan fingerprint density at radius 3 is 2.32 bits per heavy atom. The van der Waals surface area contributed by atoms with E-state index in [9.17, 15) is 29.9 Å². The number of likely N-dealkylation sites (N-methyl/N-ethyl adjacent to an activating group) is 1. The molecule has 3 rings (SSSR count). The summed E-state index contributed by atoms with van der Waals surface area (Å²) < 4.78 is 0. The van der Waals surface area contributed by atoms with E-state index < -0.39 is 34.1 Å². The Bertz CT molecular complexity index is 1260. The first-order valence-corrected chi connectivity index (χ1v) is 12.4. The summed E-state index contributed by atoms with van der Waals surface area (Å²) in [5.74, 6) is -2.48. The van der Waals surface area contributed by atoms with Gasteiger partial charge in [-0.05, 0) is 54.3 Å². The van der Waals surface area contributed by atoms with E-state index in [2.05, 4.69) is 4.90 Å². The van der Waals surface area contributed by atoms with Crippen LogP contribution in [0.3, 0.4) is 0 Å². The Morgan fingerprint density at radius 1 is 1.11 bits per heavy atom. The fourth-order valence-corrected chi connectivity index (χ4v) is 4.59. The second-order valence-electron chi connectivity index (χ2n) is 10.3. The second kappa shape index (κ2) is 10.7. The summed E-state index contributed by atoms with van der Waals surface area (Å²) in [7, 11) is 0. The molecule has 0 bridgehead atoms. The SMILES string of the molecule is CCN(CC)CCN1C(=O)C(=O)/C(=C(/O)c2cc(C(C)(C)C)ccc2C)C1c1ccc(O)c([N+](=O)[O-])c1. The van der Waals surface area contributed by atoms with E-state index in [4.69, 9.17) is 0 Å². The number of ketones is 1. The number of aliphatic hydroxyl groups is 1. The lowest BCUT2D eigenvalue weighted by molar-refractivity contribution is -0.385. The summed E-state index contributed by atoms with van der Waals surface area (Å²) in [4.78, 5) is 40.9. The van der Waals surface area contributed by atoms with Gasteiger partial charge >= 0.3 is 5.69 Å². The Hall–Kier alpha value is -3.72. The Balaban J connectivity index is 2.25. The average Bonchev–Trinajstić information content (AvgIpc) is 3.09. The van der Waals surface area contributed by atoms with Gasteiger partial charge in [-0.2, -0.15) is 0 Å². The predicted octanol–water partition coefficient (Wildman–Crippen LogP) is 4.67. The highest BCUT2D eigenvalue weighted by molar-refractivity contribution is 6.46. The van der Waals surface area contributed by atoms with Crippen LogP contribution < -0.4 is 0 Å². The van der Waals surface area contributed by atoms with Crippen molar-refractivity contribution in [2.75, 3.05) is 26.2 Å². The normalized spacial score (nSPS) is 17.6. The lowest BCUT2D eigenvalue weighted by Crippen LogP contribution is -2.38. The first-order chi connectivity index (χ1) is 17.3. The molecule has 2 aromatic carbocycles. The molecule has 1 heterocycles. The van der Waals surface area contributed by atoms with Gasteiger partial charge in [-0.25, -0.2) is 0 Å². The van der Waals surface area contributed by atoms with E-state index in [0.717, 1.165) is 30.3 Å². The summed E-state index contributed by atoms with van der Waals surface area (Å²) in [5, 5.41) is 33.0. The van der Waals surface area contributed by atoms with Crippen LogP contribution in [0.4, 0.5) is 5.69 Å². The molecule has 2 aromatic rings. The maximum atomic E-state index is 13.4. The molecule has 0 radical (unpaired) electrons. The number of nitro benzene ring substituents is 1. The van der Waals surface area contributed by atoms with Crippen LogP contribution in [-0.4, -0.2) is 62.8 Å². The van der Waals surface area contributed by atoms with E-state index in [1.54, 1.807) is 6.92 Å². The van der Waals surface area contributed by atoms with Crippen molar-refractivity contribution in [3.8, 4) is 5.75 Å². The number of Topliss-reactive ketones (excluding diaryl/α,β-unsaturated/α-hetero) is 1. The number of benzene rings is 2. The molecule has 1 amide bonds. The molecule has 2 N–H and O–H groups in total. The maximum absolute atomic E-state index is 13.4. The zero-order valence-corrected chi connectivity index (χ0v) is 22.2. The number of rotatable bonds is 8. The van der Waals surface area contributed by atoms with E-state index in [-0.39, 0.29) is 28.9 Å². The third-order valence-electron chi connectivity index (χ3n) is 6.96. The third kappa shape index (κ3) is 5.51. The number of aliphatic hydroxyl groups excluding tert-OH is 1. The first-order valence-electron chi connectivity index (χ1n) is 12.4. The van der Waals surface area contributed by atoms with Crippen molar-refractivity contribution >= 4 is 23.1 Å². The zero-order valence-electron chi connectivity index (χ0n) is 22.2. The van der Waals surface area contributed by atoms with Crippen LogP contribution in [0.15, 0.2) is 42.0 Å². The lowest BCUT2D eigenvalue weighted by atomic mass is 9.84. The smallest absolute Gasteiger partial charge is 0.311 e. The van der Waals surface area contributed by atoms with Crippen LogP contribution in [0.2, 0.25) is 0 Å². The van der Waals surface area contributed by atoms with Gasteiger partial charge in [-0.3, -0.25) is 19.7 Å². The highest BCUT2D eigenvalue weighted by Gasteiger charge is 2.46. The lowest BCUT2D eigenvalue weighted by Gasteiger charge is -2.28. The Labute approximate surface area is 217 Å². The van der Waals surface area contributed by atoms with Crippen molar-refractivity contribution in [3.05, 3.63) is 74.3 Å². The van der Waals surface area contributed by atoms with Crippen LogP contribution in [0.5, 0.6) is 5.75 Å². The molecule has 1 atom stereocenters. The molecule has 198 valence electrons. The summed E-state index contributed by atoms with van der Waals surface area (Å²) in [6, 6.07) is 8.33. The van der Waals surface area contributed by atoms with Crippen LogP contribution in [-0.2, 0) is 15.0 Å². The monoisotopic (exact) mass is 509 g/mol. The summed E-state index contributed by atoms with van der Waals surface area (Å²) >= 11 is 0. The molecule has 1 aliphatic heterocycles. The number of aryl methyl sites for hydroxylation is 1. The molecule has 37 heavy (non-hydrogen) atoms. The number of aromatic hydroxyl groups is 1. The number of nitro groups is 1. The second-order valence-corrected chi connectivity index (χ2v) is 10.3. The molecule has 1 aliphatic rings. The largest absolute Gasteiger partial charge is 0.507 e. The minimum atomic E-state index is -1.05. The van der Waals surface area contributed by atoms with Gasteiger partial charge in [0.1, 0.15) is 5.76 Å². The number of carbonyl (C=O) groups is 2. The molecule has 0 aliphatic carbocycles. The Morgan fingerprint density at radius 2 is 1.76 bits per heavy atom. The third-order valence-corrected chi connectivity index (χ3v) is 6.96. The highest BCUT2D eigenvalue weighted by atomic mass is 16.6. The molecule has 1 saturated heterocycles. The molecule has 0 aromatic heterocycles. The van der Waals surface area contributed by atoms with Crippen LogP contribution in [0.25, 0.3) is 5.76 Å². The van der Waals surface area contributed by atoms with E-state index in [1.165, 1.54) is 17.0 Å². The van der Waals surface area contributed by atoms with Crippen molar-refractivity contribution < 1.29 is 24.7 Å². The minimum Gasteiger partial charge on any atom is -0.507 e. The molecule has 9 heteroatoms. The van der Waals surface area contributed by atoms with Crippen molar-refractivity contribution in [2.45, 2.75) is 53.0 Å². The number of phenols is 1. The van der Waals surface area contributed by atoms with Crippen molar-refractivity contribution in [1.82, 2.24) is 9.80 Å². The fraction of sp³-hybridized carbons (Fsp3) is 0.429. The van der Waals surface area contributed by atoms with E-state index >= 15 is 0 Å².